The van der Waals surface area contributed by atoms with Crippen LogP contribution in [0.4, 0.5) is 0 Å². The Kier molecular flexibility index (Phi) is 4.88. The van der Waals surface area contributed by atoms with Gasteiger partial charge in [-0.25, -0.2) is 4.98 Å². The molecule has 1 N–H and O–H groups in total. The first kappa shape index (κ1) is 15.9. The van der Waals surface area contributed by atoms with Crippen molar-refractivity contribution in [2.45, 2.75) is 13.0 Å². The zero-order valence-corrected chi connectivity index (χ0v) is 13.7. The molecule has 1 aliphatic heterocycles. The lowest BCUT2D eigenvalue weighted by atomic mass is 10.2. The predicted octanol–water partition coefficient (Wildman–Crippen LogP) is 3.48. The normalized spacial score (nSPS) is 13.3. The second-order valence-corrected chi connectivity index (χ2v) is 5.80. The van der Waals surface area contributed by atoms with Crippen LogP contribution in [0, 0.1) is 0 Å². The summed E-state index contributed by atoms with van der Waals surface area (Å²) in [6, 6.07) is 6.77. The van der Waals surface area contributed by atoms with Gasteiger partial charge < -0.3 is 14.8 Å². The number of carbonyl (C=O) groups excluding carboxylic acids is 1. The Balaban J connectivity index is 1.71. The maximum absolute atomic E-state index is 12.1. The summed E-state index contributed by atoms with van der Waals surface area (Å²) in [7, 11) is 0. The average Bonchev–Trinajstić information content (AvgIpc) is 2.79. The van der Waals surface area contributed by atoms with Gasteiger partial charge in [-0.05, 0) is 29.8 Å². The standard InChI is InChI=1S/C16H14Cl2N2O3/c17-12-6-10(7-13-15(12)23-5-1-4-22-13)8-20-16(21)11-2-3-14(18)19-9-11/h2-3,6-7,9H,1,4-5,8H2,(H,20,21). The molecule has 0 radical (unpaired) electrons. The van der Waals surface area contributed by atoms with E-state index in [1.54, 1.807) is 18.2 Å². The number of pyridine rings is 1. The summed E-state index contributed by atoms with van der Waals surface area (Å²) in [6.45, 7) is 1.47. The SMILES string of the molecule is O=C(NCc1cc(Cl)c2c(c1)OCCCO2)c1ccc(Cl)nc1. The molecule has 1 aromatic heterocycles. The molecule has 1 amide bonds. The minimum absolute atomic E-state index is 0.239. The summed E-state index contributed by atoms with van der Waals surface area (Å²) in [5.74, 6) is 0.922. The van der Waals surface area contributed by atoms with Crippen LogP contribution in [0.2, 0.25) is 10.2 Å². The summed E-state index contributed by atoms with van der Waals surface area (Å²) in [5, 5.41) is 3.62. The number of fused-ring (bicyclic) bond motifs is 1. The van der Waals surface area contributed by atoms with E-state index < -0.39 is 0 Å². The number of hydrogen-bond acceptors (Lipinski definition) is 4. The summed E-state index contributed by atoms with van der Waals surface area (Å²) >= 11 is 11.9. The minimum atomic E-state index is -0.239. The first-order valence-corrected chi connectivity index (χ1v) is 7.87. The molecule has 1 aliphatic rings. The van der Waals surface area contributed by atoms with Crippen LogP contribution < -0.4 is 14.8 Å². The van der Waals surface area contributed by atoms with Gasteiger partial charge in [-0.15, -0.1) is 0 Å². The molecule has 7 heteroatoms. The van der Waals surface area contributed by atoms with Gasteiger partial charge in [0, 0.05) is 19.2 Å². The zero-order chi connectivity index (χ0) is 16.2. The predicted molar refractivity (Wildman–Crippen MR) is 87.5 cm³/mol. The van der Waals surface area contributed by atoms with Gasteiger partial charge in [-0.3, -0.25) is 4.79 Å². The number of nitrogens with zero attached hydrogens (tertiary/aromatic N) is 1. The van der Waals surface area contributed by atoms with E-state index in [1.807, 2.05) is 6.07 Å². The number of halogens is 2. The fourth-order valence-electron chi connectivity index (χ4n) is 2.18. The van der Waals surface area contributed by atoms with Crippen molar-refractivity contribution in [3.05, 3.63) is 51.8 Å². The Morgan fingerprint density at radius 3 is 2.83 bits per heavy atom. The monoisotopic (exact) mass is 352 g/mol. The van der Waals surface area contributed by atoms with E-state index >= 15 is 0 Å². The first-order valence-electron chi connectivity index (χ1n) is 7.11. The molecule has 2 heterocycles. The van der Waals surface area contributed by atoms with Crippen molar-refractivity contribution in [3.8, 4) is 11.5 Å². The number of aromatic nitrogens is 1. The second kappa shape index (κ2) is 7.06. The fraction of sp³-hybridized carbons (Fsp3) is 0.250. The van der Waals surface area contributed by atoms with Gasteiger partial charge >= 0.3 is 0 Å². The molecule has 0 bridgehead atoms. The minimum Gasteiger partial charge on any atom is -0.489 e. The number of rotatable bonds is 3. The molecule has 2 aromatic rings. The van der Waals surface area contributed by atoms with E-state index in [0.29, 0.717) is 47.0 Å². The quantitative estimate of drug-likeness (QED) is 0.859. The molecule has 3 rings (SSSR count). The molecule has 120 valence electrons. The van der Waals surface area contributed by atoms with E-state index in [2.05, 4.69) is 10.3 Å². The Morgan fingerprint density at radius 2 is 2.04 bits per heavy atom. The summed E-state index contributed by atoms with van der Waals surface area (Å²) < 4.78 is 11.2. The van der Waals surface area contributed by atoms with Gasteiger partial charge in [-0.2, -0.15) is 0 Å². The third-order valence-electron chi connectivity index (χ3n) is 3.30. The highest BCUT2D eigenvalue weighted by Crippen LogP contribution is 2.37. The van der Waals surface area contributed by atoms with Crippen molar-refractivity contribution in [2.75, 3.05) is 13.2 Å². The summed E-state index contributed by atoms with van der Waals surface area (Å²) in [5.41, 5.74) is 1.27. The number of carbonyl (C=O) groups is 1. The van der Waals surface area contributed by atoms with Crippen LogP contribution in [0.15, 0.2) is 30.5 Å². The lowest BCUT2D eigenvalue weighted by Crippen LogP contribution is -2.22. The van der Waals surface area contributed by atoms with E-state index in [1.165, 1.54) is 6.20 Å². The topological polar surface area (TPSA) is 60.5 Å². The van der Waals surface area contributed by atoms with Crippen LogP contribution in [0.3, 0.4) is 0 Å². The van der Waals surface area contributed by atoms with Crippen LogP contribution in [-0.4, -0.2) is 24.1 Å². The summed E-state index contributed by atoms with van der Waals surface area (Å²) in [6.07, 6.45) is 2.24. The molecule has 23 heavy (non-hydrogen) atoms. The van der Waals surface area contributed by atoms with E-state index in [0.717, 1.165) is 12.0 Å². The molecule has 0 unspecified atom stereocenters. The maximum atomic E-state index is 12.1. The number of amides is 1. The molecule has 1 aromatic carbocycles. The molecule has 5 nitrogen and oxygen atoms in total. The molecule has 0 spiro atoms. The van der Waals surface area contributed by atoms with Crippen molar-refractivity contribution in [3.63, 3.8) is 0 Å². The first-order chi connectivity index (χ1) is 11.1. The lowest BCUT2D eigenvalue weighted by Gasteiger charge is -2.12. The molecule has 0 atom stereocenters. The molecule has 0 aliphatic carbocycles. The highest BCUT2D eigenvalue weighted by atomic mass is 35.5. The van der Waals surface area contributed by atoms with Gasteiger partial charge in [0.1, 0.15) is 5.15 Å². The molecular formula is C16H14Cl2N2O3. The third-order valence-corrected chi connectivity index (χ3v) is 3.81. The van der Waals surface area contributed by atoms with Crippen LogP contribution in [-0.2, 0) is 6.54 Å². The zero-order valence-electron chi connectivity index (χ0n) is 12.1. The van der Waals surface area contributed by atoms with E-state index in [-0.39, 0.29) is 5.91 Å². The lowest BCUT2D eigenvalue weighted by molar-refractivity contribution is 0.0950. The van der Waals surface area contributed by atoms with Crippen molar-refractivity contribution >= 4 is 29.1 Å². The second-order valence-electron chi connectivity index (χ2n) is 5.01. The third kappa shape index (κ3) is 3.86. The number of nitrogens with one attached hydrogen (secondary N) is 1. The highest BCUT2D eigenvalue weighted by molar-refractivity contribution is 6.32. The molecule has 0 fully saturated rings. The van der Waals surface area contributed by atoms with Crippen molar-refractivity contribution in [1.82, 2.24) is 10.3 Å². The smallest absolute Gasteiger partial charge is 0.253 e. The average molecular weight is 353 g/mol. The van der Waals surface area contributed by atoms with E-state index in [4.69, 9.17) is 32.7 Å². The molecular weight excluding hydrogens is 339 g/mol. The number of benzene rings is 1. The van der Waals surface area contributed by atoms with Crippen LogP contribution in [0.25, 0.3) is 0 Å². The number of hydrogen-bond donors (Lipinski definition) is 1. The van der Waals surface area contributed by atoms with Crippen molar-refractivity contribution in [2.24, 2.45) is 0 Å². The largest absolute Gasteiger partial charge is 0.489 e. The number of ether oxygens (including phenoxy) is 2. The van der Waals surface area contributed by atoms with Gasteiger partial charge in [0.25, 0.3) is 5.91 Å². The van der Waals surface area contributed by atoms with Gasteiger partial charge in [0.2, 0.25) is 0 Å². The Labute approximate surface area is 143 Å². The highest BCUT2D eigenvalue weighted by Gasteiger charge is 2.16. The Hall–Kier alpha value is -1.98. The van der Waals surface area contributed by atoms with Crippen LogP contribution in [0.5, 0.6) is 11.5 Å². The van der Waals surface area contributed by atoms with Gasteiger partial charge in [0.05, 0.1) is 23.8 Å². The van der Waals surface area contributed by atoms with Crippen molar-refractivity contribution in [1.29, 1.82) is 0 Å². The fourth-order valence-corrected chi connectivity index (χ4v) is 2.58. The van der Waals surface area contributed by atoms with Crippen molar-refractivity contribution < 1.29 is 14.3 Å². The van der Waals surface area contributed by atoms with Gasteiger partial charge in [-0.1, -0.05) is 23.2 Å². The van der Waals surface area contributed by atoms with Gasteiger partial charge in [0.15, 0.2) is 11.5 Å². The maximum Gasteiger partial charge on any atom is 0.253 e. The van der Waals surface area contributed by atoms with E-state index in [9.17, 15) is 4.79 Å². The molecule has 0 saturated heterocycles. The Morgan fingerprint density at radius 1 is 1.22 bits per heavy atom. The molecule has 0 saturated carbocycles. The van der Waals surface area contributed by atoms with Crippen LogP contribution in [0.1, 0.15) is 22.3 Å². The van der Waals surface area contributed by atoms with Crippen LogP contribution >= 0.6 is 23.2 Å². The Bertz CT molecular complexity index is 720. The summed E-state index contributed by atoms with van der Waals surface area (Å²) in [4.78, 5) is 16.0.